The number of carbonyl (C=O) groups is 1. The minimum Gasteiger partial charge on any atom is -0.444 e. The Balaban J connectivity index is 1.11. The summed E-state index contributed by atoms with van der Waals surface area (Å²) < 4.78 is 5.54. The highest BCUT2D eigenvalue weighted by molar-refractivity contribution is 5.83. The average Bonchev–Trinajstić information content (AvgIpc) is 3.32. The molecule has 1 atom stereocenters. The van der Waals surface area contributed by atoms with Crippen LogP contribution in [0, 0.1) is 0 Å². The minimum absolute atomic E-state index is 0.173. The first-order valence-corrected chi connectivity index (χ1v) is 14.2. The first-order chi connectivity index (χ1) is 19.7. The molecule has 214 valence electrons. The Hall–Kier alpha value is -4.25. The fourth-order valence-corrected chi connectivity index (χ4v) is 5.18. The molecule has 2 saturated heterocycles. The SMILES string of the molecule is CC(c1ccnc(Nc2nc3ccc(-c4cc(N5CCC5)ncn4)cc3[nH]2)c1)N1CCN(C(=O)OC(C)(C)C)CC1. The van der Waals surface area contributed by atoms with Crippen LogP contribution in [0.25, 0.3) is 22.3 Å². The molecule has 4 aromatic rings. The van der Waals surface area contributed by atoms with Gasteiger partial charge >= 0.3 is 6.09 Å². The molecular formula is C30H37N9O2. The van der Waals surface area contributed by atoms with E-state index in [1.54, 1.807) is 11.2 Å². The fourth-order valence-electron chi connectivity index (χ4n) is 5.18. The highest BCUT2D eigenvalue weighted by Gasteiger charge is 2.28. The summed E-state index contributed by atoms with van der Waals surface area (Å²) in [4.78, 5) is 40.4. The third kappa shape index (κ3) is 6.09. The summed E-state index contributed by atoms with van der Waals surface area (Å²) in [6.45, 7) is 12.8. The third-order valence-corrected chi connectivity index (χ3v) is 7.64. The van der Waals surface area contributed by atoms with Crippen LogP contribution < -0.4 is 10.2 Å². The largest absolute Gasteiger partial charge is 0.444 e. The van der Waals surface area contributed by atoms with Gasteiger partial charge in [0.2, 0.25) is 5.95 Å². The predicted molar refractivity (Wildman–Crippen MR) is 159 cm³/mol. The van der Waals surface area contributed by atoms with Gasteiger partial charge in [0.1, 0.15) is 23.6 Å². The van der Waals surface area contributed by atoms with Crippen LogP contribution in [0.5, 0.6) is 0 Å². The lowest BCUT2D eigenvalue weighted by atomic mass is 10.1. The van der Waals surface area contributed by atoms with Crippen molar-refractivity contribution >= 4 is 34.7 Å². The van der Waals surface area contributed by atoms with Crippen molar-refractivity contribution in [3.8, 4) is 11.3 Å². The predicted octanol–water partition coefficient (Wildman–Crippen LogP) is 4.98. The molecule has 3 aromatic heterocycles. The van der Waals surface area contributed by atoms with Gasteiger partial charge in [-0.3, -0.25) is 4.90 Å². The van der Waals surface area contributed by atoms with Gasteiger partial charge < -0.3 is 24.8 Å². The average molecular weight is 556 g/mol. The number of imidazole rings is 1. The highest BCUT2D eigenvalue weighted by atomic mass is 16.6. The maximum Gasteiger partial charge on any atom is 0.410 e. The monoisotopic (exact) mass is 555 g/mol. The second-order valence-corrected chi connectivity index (χ2v) is 11.7. The summed E-state index contributed by atoms with van der Waals surface area (Å²) in [5, 5.41) is 3.34. The Labute approximate surface area is 240 Å². The van der Waals surface area contributed by atoms with Gasteiger partial charge in [-0.15, -0.1) is 0 Å². The van der Waals surface area contributed by atoms with Gasteiger partial charge in [0.05, 0.1) is 16.7 Å². The van der Waals surface area contributed by atoms with E-state index in [9.17, 15) is 4.79 Å². The fraction of sp³-hybridized carbons (Fsp3) is 0.433. The summed E-state index contributed by atoms with van der Waals surface area (Å²) in [5.74, 6) is 2.32. The minimum atomic E-state index is -0.488. The number of hydrogen-bond donors (Lipinski definition) is 2. The highest BCUT2D eigenvalue weighted by Crippen LogP contribution is 2.28. The Morgan fingerprint density at radius 2 is 1.80 bits per heavy atom. The van der Waals surface area contributed by atoms with Crippen LogP contribution in [0.2, 0.25) is 0 Å². The van der Waals surface area contributed by atoms with Gasteiger partial charge in [0, 0.05) is 63.1 Å². The van der Waals surface area contributed by atoms with Crippen LogP contribution in [0.1, 0.15) is 45.7 Å². The number of piperazine rings is 1. The Kier molecular flexibility index (Phi) is 7.21. The molecule has 2 N–H and O–H groups in total. The molecule has 0 radical (unpaired) electrons. The van der Waals surface area contributed by atoms with Crippen molar-refractivity contribution in [3.63, 3.8) is 0 Å². The molecule has 1 unspecified atom stereocenters. The van der Waals surface area contributed by atoms with Crippen LogP contribution in [0.4, 0.5) is 22.4 Å². The lowest BCUT2D eigenvalue weighted by Gasteiger charge is -2.38. The van der Waals surface area contributed by atoms with E-state index in [1.165, 1.54) is 6.42 Å². The van der Waals surface area contributed by atoms with Crippen LogP contribution in [0.15, 0.2) is 48.9 Å². The molecule has 0 saturated carbocycles. The van der Waals surface area contributed by atoms with Crippen LogP contribution >= 0.6 is 0 Å². The number of carbonyl (C=O) groups excluding carboxylic acids is 1. The third-order valence-electron chi connectivity index (χ3n) is 7.64. The van der Waals surface area contributed by atoms with Gasteiger partial charge in [0.25, 0.3) is 0 Å². The van der Waals surface area contributed by atoms with Crippen molar-refractivity contribution in [2.45, 2.75) is 45.8 Å². The number of ether oxygens (including phenoxy) is 1. The number of nitrogens with one attached hydrogen (secondary N) is 2. The second kappa shape index (κ2) is 11.0. The van der Waals surface area contributed by atoms with Crippen molar-refractivity contribution in [1.82, 2.24) is 34.7 Å². The first-order valence-electron chi connectivity index (χ1n) is 14.2. The first kappa shape index (κ1) is 26.9. The lowest BCUT2D eigenvalue weighted by Crippen LogP contribution is -2.50. The second-order valence-electron chi connectivity index (χ2n) is 11.7. The summed E-state index contributed by atoms with van der Waals surface area (Å²) in [7, 11) is 0. The lowest BCUT2D eigenvalue weighted by molar-refractivity contribution is 0.0110. The van der Waals surface area contributed by atoms with E-state index in [4.69, 9.17) is 9.72 Å². The maximum absolute atomic E-state index is 12.4. The molecule has 1 amide bonds. The summed E-state index contributed by atoms with van der Waals surface area (Å²) >= 11 is 0. The molecule has 0 spiro atoms. The molecule has 1 aromatic carbocycles. The zero-order chi connectivity index (χ0) is 28.6. The summed E-state index contributed by atoms with van der Waals surface area (Å²) in [6.07, 6.45) is 4.41. The van der Waals surface area contributed by atoms with E-state index < -0.39 is 5.60 Å². The zero-order valence-corrected chi connectivity index (χ0v) is 24.1. The number of aromatic amines is 1. The molecular weight excluding hydrogens is 518 g/mol. The van der Waals surface area contributed by atoms with E-state index in [0.29, 0.717) is 19.0 Å². The van der Waals surface area contributed by atoms with Gasteiger partial charge in [-0.25, -0.2) is 24.7 Å². The number of anilines is 3. The quantitative estimate of drug-likeness (QED) is 0.340. The van der Waals surface area contributed by atoms with Crippen molar-refractivity contribution in [1.29, 1.82) is 0 Å². The van der Waals surface area contributed by atoms with E-state index >= 15 is 0 Å². The van der Waals surface area contributed by atoms with Crippen LogP contribution in [-0.2, 0) is 4.74 Å². The number of fused-ring (bicyclic) bond motifs is 1. The molecule has 2 fully saturated rings. The molecule has 41 heavy (non-hydrogen) atoms. The number of benzene rings is 1. The number of H-pyrrole nitrogens is 1. The van der Waals surface area contributed by atoms with Gasteiger partial charge in [-0.05, 0) is 63.9 Å². The van der Waals surface area contributed by atoms with Crippen molar-refractivity contribution < 1.29 is 9.53 Å². The number of pyridine rings is 1. The standard InChI is InChI=1S/C30H37N9O2/c1-20(37-12-14-39(15-13-37)29(40)41-30(2,3)4)21-8-9-31-26(17-21)36-28-34-23-7-6-22(16-25(23)35-28)24-18-27(33-19-32-24)38-10-5-11-38/h6-9,16-20H,5,10-15H2,1-4H3,(H2,31,34,35,36). The van der Waals surface area contributed by atoms with E-state index in [-0.39, 0.29) is 12.1 Å². The number of nitrogens with zero attached hydrogens (tertiary/aromatic N) is 7. The summed E-state index contributed by atoms with van der Waals surface area (Å²) in [6, 6.07) is 12.4. The molecule has 0 aliphatic carbocycles. The van der Waals surface area contributed by atoms with Gasteiger partial charge in [-0.2, -0.15) is 0 Å². The van der Waals surface area contributed by atoms with Gasteiger partial charge in [-0.1, -0.05) is 6.07 Å². The topological polar surface area (TPSA) is 115 Å². The number of hydrogen-bond acceptors (Lipinski definition) is 9. The van der Waals surface area contributed by atoms with E-state index in [1.807, 2.05) is 51.2 Å². The smallest absolute Gasteiger partial charge is 0.410 e. The normalized spacial score (nSPS) is 16.9. The Morgan fingerprint density at radius 1 is 1.00 bits per heavy atom. The molecule has 5 heterocycles. The van der Waals surface area contributed by atoms with E-state index in [2.05, 4.69) is 54.1 Å². The van der Waals surface area contributed by atoms with Crippen molar-refractivity contribution in [2.24, 2.45) is 0 Å². The van der Waals surface area contributed by atoms with Crippen molar-refractivity contribution in [2.75, 3.05) is 49.5 Å². The molecule has 11 nitrogen and oxygen atoms in total. The Bertz CT molecular complexity index is 1530. The zero-order valence-electron chi connectivity index (χ0n) is 24.1. The van der Waals surface area contributed by atoms with Crippen molar-refractivity contribution in [3.05, 3.63) is 54.5 Å². The maximum atomic E-state index is 12.4. The van der Waals surface area contributed by atoms with Crippen LogP contribution in [0.3, 0.4) is 0 Å². The molecule has 6 rings (SSSR count). The molecule has 11 heteroatoms. The number of aromatic nitrogens is 5. The molecule has 2 aliphatic heterocycles. The number of rotatable bonds is 6. The summed E-state index contributed by atoms with van der Waals surface area (Å²) in [5.41, 5.74) is 4.34. The van der Waals surface area contributed by atoms with E-state index in [0.717, 1.165) is 65.7 Å². The Morgan fingerprint density at radius 3 is 2.54 bits per heavy atom. The molecule has 0 bridgehead atoms. The number of amides is 1. The van der Waals surface area contributed by atoms with Gasteiger partial charge in [0.15, 0.2) is 0 Å². The van der Waals surface area contributed by atoms with Crippen LogP contribution in [-0.4, -0.2) is 85.7 Å². The molecule has 2 aliphatic rings.